The molecule has 0 aliphatic carbocycles. The number of benzene rings is 2. The van der Waals surface area contributed by atoms with Crippen molar-refractivity contribution in [1.82, 2.24) is 14.6 Å². The average molecular weight is 370 g/mol. The Bertz CT molecular complexity index is 946. The lowest BCUT2D eigenvalue weighted by atomic mass is 10.2. The molecule has 7 heteroatoms. The second kappa shape index (κ2) is 6.97. The van der Waals surface area contributed by atoms with Crippen LogP contribution in [0, 0.1) is 0 Å². The number of rotatable bonds is 4. The van der Waals surface area contributed by atoms with Crippen molar-refractivity contribution in [2.75, 3.05) is 31.2 Å². The van der Waals surface area contributed by atoms with Crippen molar-refractivity contribution < 1.29 is 4.79 Å². The summed E-state index contributed by atoms with van der Waals surface area (Å²) >= 11 is 6.07. The zero-order valence-corrected chi connectivity index (χ0v) is 15.1. The number of nitrogens with two attached hydrogens (primary N) is 1. The summed E-state index contributed by atoms with van der Waals surface area (Å²) in [5, 5.41) is 3.05. The van der Waals surface area contributed by atoms with Crippen LogP contribution in [0.1, 0.15) is 15.9 Å². The summed E-state index contributed by atoms with van der Waals surface area (Å²) in [4.78, 5) is 18.2. The summed E-state index contributed by atoms with van der Waals surface area (Å²) in [6.07, 6.45) is 1.81. The molecule has 0 radical (unpaired) electrons. The molecule has 0 saturated carbocycles. The lowest BCUT2D eigenvalue weighted by Gasteiger charge is -2.36. The van der Waals surface area contributed by atoms with E-state index >= 15 is 0 Å². The van der Waals surface area contributed by atoms with Gasteiger partial charge in [0.05, 0.1) is 11.0 Å². The molecular formula is C19H20ClN5O. The Kier molecular flexibility index (Phi) is 4.53. The SMILES string of the molecule is NC(=O)c1ccc2c(c1)ncn2N1CCN(Cc2cccc(Cl)c2)CC1. The Hall–Kier alpha value is -2.57. The number of nitrogens with zero attached hydrogens (tertiary/aromatic N) is 4. The van der Waals surface area contributed by atoms with Crippen LogP contribution >= 0.6 is 11.6 Å². The van der Waals surface area contributed by atoms with Crippen LogP contribution in [0.15, 0.2) is 48.8 Å². The number of aromatic nitrogens is 2. The third-order valence-electron chi connectivity index (χ3n) is 4.76. The van der Waals surface area contributed by atoms with Crippen molar-refractivity contribution in [1.29, 1.82) is 0 Å². The van der Waals surface area contributed by atoms with Crippen LogP contribution in [0.2, 0.25) is 5.02 Å². The minimum absolute atomic E-state index is 0.434. The van der Waals surface area contributed by atoms with Crippen LogP contribution < -0.4 is 10.7 Å². The van der Waals surface area contributed by atoms with Crippen LogP contribution in [0.25, 0.3) is 11.0 Å². The van der Waals surface area contributed by atoms with Gasteiger partial charge in [-0.3, -0.25) is 9.69 Å². The van der Waals surface area contributed by atoms with Gasteiger partial charge >= 0.3 is 0 Å². The molecule has 1 amide bonds. The molecule has 1 aromatic heterocycles. The number of hydrogen-bond acceptors (Lipinski definition) is 4. The average Bonchev–Trinajstić information content (AvgIpc) is 3.05. The highest BCUT2D eigenvalue weighted by atomic mass is 35.5. The van der Waals surface area contributed by atoms with Gasteiger partial charge in [0.1, 0.15) is 6.33 Å². The van der Waals surface area contributed by atoms with E-state index in [0.29, 0.717) is 5.56 Å². The summed E-state index contributed by atoms with van der Waals surface area (Å²) in [7, 11) is 0. The van der Waals surface area contributed by atoms with Crippen molar-refractivity contribution in [2.24, 2.45) is 5.73 Å². The van der Waals surface area contributed by atoms with Gasteiger partial charge in [-0.1, -0.05) is 23.7 Å². The lowest BCUT2D eigenvalue weighted by molar-refractivity contribution is 0.100. The highest BCUT2D eigenvalue weighted by molar-refractivity contribution is 6.30. The van der Waals surface area contributed by atoms with Gasteiger partial charge in [0, 0.05) is 43.3 Å². The molecular weight excluding hydrogens is 350 g/mol. The van der Waals surface area contributed by atoms with Gasteiger partial charge in [0.25, 0.3) is 0 Å². The molecule has 0 spiro atoms. The molecule has 134 valence electrons. The van der Waals surface area contributed by atoms with Gasteiger partial charge in [-0.25, -0.2) is 9.66 Å². The van der Waals surface area contributed by atoms with Crippen molar-refractivity contribution in [3.8, 4) is 0 Å². The van der Waals surface area contributed by atoms with Gasteiger partial charge in [0.15, 0.2) is 0 Å². The van der Waals surface area contributed by atoms with Crippen molar-refractivity contribution in [3.63, 3.8) is 0 Å². The zero-order valence-electron chi connectivity index (χ0n) is 14.3. The van der Waals surface area contributed by atoms with E-state index in [0.717, 1.165) is 48.8 Å². The number of hydrogen-bond donors (Lipinski definition) is 1. The second-order valence-electron chi connectivity index (χ2n) is 6.52. The maximum absolute atomic E-state index is 11.3. The molecule has 2 N–H and O–H groups in total. The molecule has 4 rings (SSSR count). The molecule has 26 heavy (non-hydrogen) atoms. The molecule has 1 saturated heterocycles. The Morgan fingerprint density at radius 3 is 2.65 bits per heavy atom. The molecule has 0 unspecified atom stereocenters. The quantitative estimate of drug-likeness (QED) is 0.765. The molecule has 1 fully saturated rings. The molecule has 2 aromatic carbocycles. The van der Waals surface area contributed by atoms with Crippen molar-refractivity contribution in [3.05, 3.63) is 64.9 Å². The lowest BCUT2D eigenvalue weighted by Crippen LogP contribution is -2.50. The third-order valence-corrected chi connectivity index (χ3v) is 5.00. The van der Waals surface area contributed by atoms with Gasteiger partial charge in [-0.05, 0) is 35.9 Å². The number of primary amides is 1. The normalized spacial score (nSPS) is 15.5. The molecule has 6 nitrogen and oxygen atoms in total. The van der Waals surface area contributed by atoms with Gasteiger partial charge in [-0.2, -0.15) is 0 Å². The molecule has 2 heterocycles. The number of imidazole rings is 1. The van der Waals surface area contributed by atoms with E-state index in [-0.39, 0.29) is 0 Å². The number of carbonyl (C=O) groups is 1. The van der Waals surface area contributed by atoms with Gasteiger partial charge in [-0.15, -0.1) is 0 Å². The topological polar surface area (TPSA) is 67.4 Å². The van der Waals surface area contributed by atoms with E-state index in [1.165, 1.54) is 5.56 Å². The molecule has 1 aliphatic rings. The zero-order chi connectivity index (χ0) is 18.1. The van der Waals surface area contributed by atoms with E-state index in [1.807, 2.05) is 30.6 Å². The minimum atomic E-state index is -0.434. The largest absolute Gasteiger partial charge is 0.366 e. The smallest absolute Gasteiger partial charge is 0.248 e. The first-order valence-corrected chi connectivity index (χ1v) is 8.97. The second-order valence-corrected chi connectivity index (χ2v) is 6.95. The van der Waals surface area contributed by atoms with Crippen LogP contribution in [0.4, 0.5) is 0 Å². The number of carbonyl (C=O) groups excluding carboxylic acids is 1. The summed E-state index contributed by atoms with van der Waals surface area (Å²) in [5.41, 5.74) is 8.82. The fourth-order valence-electron chi connectivity index (χ4n) is 3.38. The van der Waals surface area contributed by atoms with Crippen molar-refractivity contribution >= 4 is 28.5 Å². The first-order valence-electron chi connectivity index (χ1n) is 8.59. The van der Waals surface area contributed by atoms with E-state index in [1.54, 1.807) is 12.1 Å². The fraction of sp³-hybridized carbons (Fsp3) is 0.263. The van der Waals surface area contributed by atoms with Gasteiger partial charge in [0.2, 0.25) is 5.91 Å². The third kappa shape index (κ3) is 3.38. The Balaban J connectivity index is 1.44. The number of fused-ring (bicyclic) bond motifs is 1. The molecule has 0 bridgehead atoms. The predicted molar refractivity (Wildman–Crippen MR) is 103 cm³/mol. The fourth-order valence-corrected chi connectivity index (χ4v) is 3.60. The minimum Gasteiger partial charge on any atom is -0.366 e. The first kappa shape index (κ1) is 16.9. The van der Waals surface area contributed by atoms with Gasteiger partial charge < -0.3 is 10.7 Å². The Morgan fingerprint density at radius 2 is 1.92 bits per heavy atom. The summed E-state index contributed by atoms with van der Waals surface area (Å²) in [6, 6.07) is 13.4. The summed E-state index contributed by atoms with van der Waals surface area (Å²) in [6.45, 7) is 4.64. The molecule has 0 atom stereocenters. The van der Waals surface area contributed by atoms with Crippen LogP contribution in [0.3, 0.4) is 0 Å². The maximum atomic E-state index is 11.3. The Morgan fingerprint density at radius 1 is 1.12 bits per heavy atom. The molecule has 1 aliphatic heterocycles. The maximum Gasteiger partial charge on any atom is 0.248 e. The molecule has 3 aromatic rings. The first-order chi connectivity index (χ1) is 12.6. The predicted octanol–water partition coefficient (Wildman–Crippen LogP) is 2.24. The number of piperazine rings is 1. The Labute approximate surface area is 156 Å². The monoisotopic (exact) mass is 369 g/mol. The van der Waals surface area contributed by atoms with Crippen LogP contribution in [0.5, 0.6) is 0 Å². The highest BCUT2D eigenvalue weighted by Crippen LogP contribution is 2.17. The summed E-state index contributed by atoms with van der Waals surface area (Å²) < 4.78 is 2.07. The highest BCUT2D eigenvalue weighted by Gasteiger charge is 2.19. The number of amides is 1. The van der Waals surface area contributed by atoms with Crippen LogP contribution in [-0.4, -0.2) is 46.6 Å². The van der Waals surface area contributed by atoms with E-state index < -0.39 is 5.91 Å². The van der Waals surface area contributed by atoms with E-state index in [9.17, 15) is 4.79 Å². The van der Waals surface area contributed by atoms with Crippen molar-refractivity contribution in [2.45, 2.75) is 6.54 Å². The van der Waals surface area contributed by atoms with Crippen LogP contribution in [-0.2, 0) is 6.54 Å². The standard InChI is InChI=1S/C19H20ClN5O/c20-16-3-1-2-14(10-16)12-23-6-8-24(9-7-23)25-13-22-17-11-15(19(21)26)4-5-18(17)25/h1-5,10-11,13H,6-9,12H2,(H2,21,26). The number of halogens is 1. The van der Waals surface area contributed by atoms with E-state index in [2.05, 4.69) is 25.6 Å². The summed E-state index contributed by atoms with van der Waals surface area (Å²) in [5.74, 6) is -0.434. The van der Waals surface area contributed by atoms with E-state index in [4.69, 9.17) is 17.3 Å².